The molecular weight excluding hydrogens is 324 g/mol. The van der Waals surface area contributed by atoms with Gasteiger partial charge in [-0.1, -0.05) is 42.0 Å². The summed E-state index contributed by atoms with van der Waals surface area (Å²) in [5.74, 6) is -0.383. The van der Waals surface area contributed by atoms with Gasteiger partial charge in [0, 0.05) is 24.6 Å². The summed E-state index contributed by atoms with van der Waals surface area (Å²) in [7, 11) is 0. The van der Waals surface area contributed by atoms with E-state index in [9.17, 15) is 10.1 Å². The molecule has 0 fully saturated rings. The Morgan fingerprint density at radius 2 is 1.92 bits per heavy atom. The van der Waals surface area contributed by atoms with E-state index in [0.717, 1.165) is 22.4 Å². The Balaban J connectivity index is 1.63. The van der Waals surface area contributed by atoms with Crippen LogP contribution in [0.15, 0.2) is 72.8 Å². The minimum atomic E-state index is -0.383. The van der Waals surface area contributed by atoms with E-state index in [1.54, 1.807) is 18.6 Å². The molecule has 128 valence electrons. The highest BCUT2D eigenvalue weighted by Gasteiger charge is 2.08. The topological polar surface area (TPSA) is 70.7 Å². The highest BCUT2D eigenvalue weighted by atomic mass is 16.1. The van der Waals surface area contributed by atoms with E-state index >= 15 is 0 Å². The third kappa shape index (κ3) is 4.25. The monoisotopic (exact) mass is 342 g/mol. The Labute approximate surface area is 152 Å². The van der Waals surface area contributed by atoms with E-state index in [1.807, 2.05) is 72.3 Å². The van der Waals surface area contributed by atoms with Gasteiger partial charge >= 0.3 is 0 Å². The van der Waals surface area contributed by atoms with Crippen molar-refractivity contribution in [3.05, 3.63) is 89.5 Å². The van der Waals surface area contributed by atoms with Crippen molar-refractivity contribution in [3.8, 4) is 11.8 Å². The molecule has 5 heteroatoms. The number of imidazole rings is 1. The maximum atomic E-state index is 12.3. The van der Waals surface area contributed by atoms with Crippen LogP contribution in [0.3, 0.4) is 0 Å². The number of carbonyl (C=O) groups is 1. The number of nitriles is 1. The zero-order valence-electron chi connectivity index (χ0n) is 14.4. The number of aromatic nitrogens is 2. The van der Waals surface area contributed by atoms with Crippen molar-refractivity contribution >= 4 is 12.0 Å². The van der Waals surface area contributed by atoms with E-state index < -0.39 is 0 Å². The summed E-state index contributed by atoms with van der Waals surface area (Å²) in [5, 5.41) is 12.1. The van der Waals surface area contributed by atoms with Gasteiger partial charge < -0.3 is 9.88 Å². The van der Waals surface area contributed by atoms with Gasteiger partial charge in [0.1, 0.15) is 11.6 Å². The fourth-order valence-electron chi connectivity index (χ4n) is 2.45. The summed E-state index contributed by atoms with van der Waals surface area (Å²) in [6.07, 6.45) is 6.91. The molecule has 0 unspecified atom stereocenters. The second-order valence-electron chi connectivity index (χ2n) is 5.90. The first-order valence-corrected chi connectivity index (χ1v) is 8.19. The standard InChI is InChI=1S/C21H18N4O/c1-16-2-4-17(5-3-16)12-19(13-22)21(26)24-14-18-6-8-20(9-7-18)25-11-10-23-15-25/h2-12,15H,14H2,1H3,(H,24,26)/b19-12+. The molecule has 0 radical (unpaired) electrons. The van der Waals surface area contributed by atoms with E-state index in [2.05, 4.69) is 10.3 Å². The zero-order chi connectivity index (χ0) is 18.4. The largest absolute Gasteiger partial charge is 0.347 e. The highest BCUT2D eigenvalue weighted by Crippen LogP contribution is 2.11. The zero-order valence-corrected chi connectivity index (χ0v) is 14.4. The quantitative estimate of drug-likeness (QED) is 0.570. The maximum absolute atomic E-state index is 12.3. The smallest absolute Gasteiger partial charge is 0.262 e. The summed E-state index contributed by atoms with van der Waals surface area (Å²) in [6, 6.07) is 17.4. The molecule has 3 rings (SSSR count). The van der Waals surface area contributed by atoms with Gasteiger partial charge in [-0.25, -0.2) is 4.98 Å². The number of aryl methyl sites for hydroxylation is 1. The molecule has 0 aliphatic heterocycles. The van der Waals surface area contributed by atoms with E-state index in [4.69, 9.17) is 0 Å². The molecular formula is C21H18N4O. The molecule has 0 aliphatic rings. The Kier molecular flexibility index (Phi) is 5.25. The average Bonchev–Trinajstić information content (AvgIpc) is 3.21. The number of hydrogen-bond donors (Lipinski definition) is 1. The van der Waals surface area contributed by atoms with Crippen LogP contribution in [0.25, 0.3) is 11.8 Å². The molecule has 2 aromatic carbocycles. The fraction of sp³-hybridized carbons (Fsp3) is 0.0952. The van der Waals surface area contributed by atoms with E-state index in [-0.39, 0.29) is 11.5 Å². The van der Waals surface area contributed by atoms with Crippen LogP contribution < -0.4 is 5.32 Å². The third-order valence-corrected chi connectivity index (χ3v) is 3.95. The van der Waals surface area contributed by atoms with Crippen LogP contribution in [-0.4, -0.2) is 15.5 Å². The molecule has 0 saturated carbocycles. The molecule has 0 saturated heterocycles. The van der Waals surface area contributed by atoms with Crippen LogP contribution in [-0.2, 0) is 11.3 Å². The summed E-state index contributed by atoms with van der Waals surface area (Å²) in [6.45, 7) is 2.35. The van der Waals surface area contributed by atoms with Gasteiger partial charge in [0.05, 0.1) is 6.33 Å². The predicted molar refractivity (Wildman–Crippen MR) is 100 cm³/mol. The Morgan fingerprint density at radius 3 is 2.54 bits per heavy atom. The third-order valence-electron chi connectivity index (χ3n) is 3.95. The minimum absolute atomic E-state index is 0.0869. The number of amides is 1. The first kappa shape index (κ1) is 17.2. The summed E-state index contributed by atoms with van der Waals surface area (Å²) >= 11 is 0. The lowest BCUT2D eigenvalue weighted by molar-refractivity contribution is -0.117. The normalized spacial score (nSPS) is 11.0. The molecule has 26 heavy (non-hydrogen) atoms. The van der Waals surface area contributed by atoms with Crippen molar-refractivity contribution in [2.75, 3.05) is 0 Å². The van der Waals surface area contributed by atoms with Crippen molar-refractivity contribution in [3.63, 3.8) is 0 Å². The van der Waals surface area contributed by atoms with Gasteiger partial charge in [-0.15, -0.1) is 0 Å². The lowest BCUT2D eigenvalue weighted by atomic mass is 10.1. The second-order valence-corrected chi connectivity index (χ2v) is 5.90. The van der Waals surface area contributed by atoms with Crippen molar-refractivity contribution in [1.29, 1.82) is 5.26 Å². The van der Waals surface area contributed by atoms with E-state index in [0.29, 0.717) is 6.54 Å². The molecule has 0 aliphatic carbocycles. The van der Waals surface area contributed by atoms with Crippen molar-refractivity contribution in [2.45, 2.75) is 13.5 Å². The average molecular weight is 342 g/mol. The fourth-order valence-corrected chi connectivity index (χ4v) is 2.45. The Morgan fingerprint density at radius 1 is 1.19 bits per heavy atom. The van der Waals surface area contributed by atoms with Gasteiger partial charge in [0.15, 0.2) is 0 Å². The predicted octanol–water partition coefficient (Wildman–Crippen LogP) is 3.40. The number of rotatable bonds is 5. The lowest BCUT2D eigenvalue weighted by Gasteiger charge is -2.07. The lowest BCUT2D eigenvalue weighted by Crippen LogP contribution is -2.23. The highest BCUT2D eigenvalue weighted by molar-refractivity contribution is 6.01. The molecule has 5 nitrogen and oxygen atoms in total. The molecule has 1 aromatic heterocycles. The molecule has 0 bridgehead atoms. The summed E-state index contributed by atoms with van der Waals surface area (Å²) < 4.78 is 1.90. The molecule has 1 amide bonds. The van der Waals surface area contributed by atoms with Crippen LogP contribution in [0.5, 0.6) is 0 Å². The van der Waals surface area contributed by atoms with Gasteiger partial charge in [0.25, 0.3) is 5.91 Å². The molecule has 1 heterocycles. The van der Waals surface area contributed by atoms with Crippen LogP contribution >= 0.6 is 0 Å². The SMILES string of the molecule is Cc1ccc(/C=C(\C#N)C(=O)NCc2ccc(-n3ccnc3)cc2)cc1. The summed E-state index contributed by atoms with van der Waals surface area (Å²) in [4.78, 5) is 16.3. The van der Waals surface area contributed by atoms with Crippen LogP contribution in [0.4, 0.5) is 0 Å². The molecule has 0 atom stereocenters. The van der Waals surface area contributed by atoms with Crippen LogP contribution in [0.2, 0.25) is 0 Å². The van der Waals surface area contributed by atoms with Crippen molar-refractivity contribution < 1.29 is 4.79 Å². The molecule has 0 spiro atoms. The molecule has 3 aromatic rings. The minimum Gasteiger partial charge on any atom is -0.347 e. The van der Waals surface area contributed by atoms with Gasteiger partial charge in [-0.05, 0) is 36.3 Å². The first-order valence-electron chi connectivity index (χ1n) is 8.19. The first-order chi connectivity index (χ1) is 12.7. The summed E-state index contributed by atoms with van der Waals surface area (Å²) in [5.41, 5.74) is 3.99. The van der Waals surface area contributed by atoms with Crippen LogP contribution in [0, 0.1) is 18.3 Å². The second kappa shape index (κ2) is 7.95. The number of nitrogens with zero attached hydrogens (tertiary/aromatic N) is 3. The van der Waals surface area contributed by atoms with Crippen LogP contribution in [0.1, 0.15) is 16.7 Å². The number of nitrogens with one attached hydrogen (secondary N) is 1. The van der Waals surface area contributed by atoms with Gasteiger partial charge in [-0.2, -0.15) is 5.26 Å². The maximum Gasteiger partial charge on any atom is 0.262 e. The Hall–Kier alpha value is -3.65. The van der Waals surface area contributed by atoms with Gasteiger partial charge in [-0.3, -0.25) is 4.79 Å². The van der Waals surface area contributed by atoms with Crippen molar-refractivity contribution in [2.24, 2.45) is 0 Å². The molecule has 1 N–H and O–H groups in total. The number of benzene rings is 2. The van der Waals surface area contributed by atoms with Gasteiger partial charge in [0.2, 0.25) is 0 Å². The Bertz CT molecular complexity index is 947. The van der Waals surface area contributed by atoms with E-state index in [1.165, 1.54) is 0 Å². The van der Waals surface area contributed by atoms with Crippen molar-refractivity contribution in [1.82, 2.24) is 14.9 Å². The number of hydrogen-bond acceptors (Lipinski definition) is 3. The number of carbonyl (C=O) groups excluding carboxylic acids is 1.